The van der Waals surface area contributed by atoms with Gasteiger partial charge in [-0.2, -0.15) is 0 Å². The number of pyridine rings is 1. The molecule has 0 aromatic carbocycles. The Labute approximate surface area is 88.9 Å². The molecule has 4 nitrogen and oxygen atoms in total. The zero-order chi connectivity index (χ0) is 10.8. The van der Waals surface area contributed by atoms with Crippen molar-refractivity contribution in [2.45, 2.75) is 13.3 Å². The molecule has 3 N–H and O–H groups in total. The number of anilines is 1. The molecule has 0 spiro atoms. The van der Waals surface area contributed by atoms with E-state index in [0.29, 0.717) is 17.3 Å². The van der Waals surface area contributed by atoms with Gasteiger partial charge in [0.15, 0.2) is 5.69 Å². The Bertz CT molecular complexity index is 378. The van der Waals surface area contributed by atoms with E-state index in [1.54, 1.807) is 18.3 Å². The number of nitrogens with two attached hydrogens (primary N) is 1. The van der Waals surface area contributed by atoms with Crippen LogP contribution < -0.4 is 11.1 Å². The number of carbonyl (C=O) groups excluding carboxylic acids is 1. The first-order valence-electron chi connectivity index (χ1n) is 5.17. The van der Waals surface area contributed by atoms with E-state index in [1.807, 2.05) is 0 Å². The lowest BCUT2D eigenvalue weighted by atomic mass is 10.2. The lowest BCUT2D eigenvalue weighted by Gasteiger charge is -2.05. The fourth-order valence-corrected chi connectivity index (χ4v) is 1.60. The molecule has 2 unspecified atom stereocenters. The zero-order valence-electron chi connectivity index (χ0n) is 8.73. The van der Waals surface area contributed by atoms with Crippen LogP contribution in [-0.2, 0) is 0 Å². The molecule has 1 aliphatic rings. The van der Waals surface area contributed by atoms with Crippen molar-refractivity contribution in [3.8, 4) is 0 Å². The van der Waals surface area contributed by atoms with E-state index in [-0.39, 0.29) is 5.91 Å². The highest BCUT2D eigenvalue weighted by Gasteiger charge is 2.32. The van der Waals surface area contributed by atoms with Gasteiger partial charge in [-0.3, -0.25) is 4.79 Å². The topological polar surface area (TPSA) is 68.0 Å². The van der Waals surface area contributed by atoms with Crippen molar-refractivity contribution in [3.63, 3.8) is 0 Å². The number of nitrogen functional groups attached to an aromatic ring is 1. The summed E-state index contributed by atoms with van der Waals surface area (Å²) in [5.74, 6) is 1.21. The van der Waals surface area contributed by atoms with Crippen LogP contribution in [0.3, 0.4) is 0 Å². The maximum atomic E-state index is 11.7. The third kappa shape index (κ3) is 2.26. The quantitative estimate of drug-likeness (QED) is 0.775. The number of aromatic nitrogens is 1. The summed E-state index contributed by atoms with van der Waals surface area (Å²) in [6, 6.07) is 3.40. The predicted octanol–water partition coefficient (Wildman–Crippen LogP) is 1.05. The number of rotatable bonds is 3. The first kappa shape index (κ1) is 9.96. The van der Waals surface area contributed by atoms with Gasteiger partial charge in [0.2, 0.25) is 0 Å². The molecule has 0 aliphatic heterocycles. The van der Waals surface area contributed by atoms with E-state index < -0.39 is 0 Å². The van der Waals surface area contributed by atoms with E-state index in [0.717, 1.165) is 12.5 Å². The Hall–Kier alpha value is -1.58. The van der Waals surface area contributed by atoms with Gasteiger partial charge >= 0.3 is 0 Å². The summed E-state index contributed by atoms with van der Waals surface area (Å²) in [6.45, 7) is 2.92. The average molecular weight is 205 g/mol. The Morgan fingerprint density at radius 2 is 2.47 bits per heavy atom. The Balaban J connectivity index is 1.93. The molecular weight excluding hydrogens is 190 g/mol. The van der Waals surface area contributed by atoms with E-state index in [9.17, 15) is 4.79 Å². The number of nitrogens with one attached hydrogen (secondary N) is 1. The number of hydrogen-bond acceptors (Lipinski definition) is 3. The Morgan fingerprint density at radius 1 is 1.73 bits per heavy atom. The summed E-state index contributed by atoms with van der Waals surface area (Å²) in [6.07, 6.45) is 2.78. The van der Waals surface area contributed by atoms with Crippen molar-refractivity contribution in [2.75, 3.05) is 12.3 Å². The fraction of sp³-hybridized carbons (Fsp3) is 0.455. The molecular formula is C11H15N3O. The van der Waals surface area contributed by atoms with Crippen LogP contribution in [0.5, 0.6) is 0 Å². The third-order valence-electron chi connectivity index (χ3n) is 2.85. The second kappa shape index (κ2) is 3.88. The molecule has 0 radical (unpaired) electrons. The van der Waals surface area contributed by atoms with Crippen LogP contribution >= 0.6 is 0 Å². The second-order valence-electron chi connectivity index (χ2n) is 4.12. The standard InChI is InChI=1S/C11H15N3O/c1-7-5-8(7)6-14-11(15)10-9(12)3-2-4-13-10/h2-4,7-8H,5-6,12H2,1H3,(H,14,15). The molecule has 4 heteroatoms. The van der Waals surface area contributed by atoms with Crippen molar-refractivity contribution < 1.29 is 4.79 Å². The summed E-state index contributed by atoms with van der Waals surface area (Å²) in [5.41, 5.74) is 6.40. The van der Waals surface area contributed by atoms with Crippen LogP contribution in [0.4, 0.5) is 5.69 Å². The predicted molar refractivity (Wildman–Crippen MR) is 58.3 cm³/mol. The average Bonchev–Trinajstić information content (AvgIpc) is 2.92. The molecule has 15 heavy (non-hydrogen) atoms. The first-order chi connectivity index (χ1) is 7.18. The fourth-order valence-electron chi connectivity index (χ4n) is 1.60. The lowest BCUT2D eigenvalue weighted by Crippen LogP contribution is -2.27. The molecule has 1 fully saturated rings. The van der Waals surface area contributed by atoms with Crippen LogP contribution in [-0.4, -0.2) is 17.4 Å². The maximum Gasteiger partial charge on any atom is 0.272 e. The van der Waals surface area contributed by atoms with Gasteiger partial charge in [0.1, 0.15) is 0 Å². The molecule has 80 valence electrons. The van der Waals surface area contributed by atoms with E-state index in [1.165, 1.54) is 6.42 Å². The van der Waals surface area contributed by atoms with Crippen molar-refractivity contribution in [1.29, 1.82) is 0 Å². The molecule has 2 atom stereocenters. The number of hydrogen-bond donors (Lipinski definition) is 2. The zero-order valence-corrected chi connectivity index (χ0v) is 8.73. The number of carbonyl (C=O) groups is 1. The summed E-state index contributed by atoms with van der Waals surface area (Å²) < 4.78 is 0. The lowest BCUT2D eigenvalue weighted by molar-refractivity contribution is 0.0947. The molecule has 2 rings (SSSR count). The van der Waals surface area contributed by atoms with Crippen molar-refractivity contribution in [2.24, 2.45) is 11.8 Å². The minimum absolute atomic E-state index is 0.174. The Morgan fingerprint density at radius 3 is 3.07 bits per heavy atom. The Kier molecular flexibility index (Phi) is 2.58. The van der Waals surface area contributed by atoms with Crippen LogP contribution in [0.15, 0.2) is 18.3 Å². The maximum absolute atomic E-state index is 11.7. The molecule has 1 aromatic rings. The van der Waals surface area contributed by atoms with Gasteiger partial charge in [0, 0.05) is 12.7 Å². The summed E-state index contributed by atoms with van der Waals surface area (Å²) in [4.78, 5) is 15.6. The first-order valence-corrected chi connectivity index (χ1v) is 5.17. The summed E-state index contributed by atoms with van der Waals surface area (Å²) >= 11 is 0. The monoisotopic (exact) mass is 205 g/mol. The van der Waals surface area contributed by atoms with Gasteiger partial charge in [0.25, 0.3) is 5.91 Å². The van der Waals surface area contributed by atoms with Gasteiger partial charge in [-0.15, -0.1) is 0 Å². The molecule has 0 bridgehead atoms. The molecule has 1 aliphatic carbocycles. The van der Waals surface area contributed by atoms with Gasteiger partial charge in [-0.25, -0.2) is 4.98 Å². The largest absolute Gasteiger partial charge is 0.397 e. The molecule has 1 saturated carbocycles. The van der Waals surface area contributed by atoms with Crippen LogP contribution in [0, 0.1) is 11.8 Å². The van der Waals surface area contributed by atoms with Gasteiger partial charge in [0.05, 0.1) is 5.69 Å². The van der Waals surface area contributed by atoms with E-state index in [4.69, 9.17) is 5.73 Å². The minimum Gasteiger partial charge on any atom is -0.397 e. The highest BCUT2D eigenvalue weighted by Crippen LogP contribution is 2.36. The van der Waals surface area contributed by atoms with Crippen molar-refractivity contribution >= 4 is 11.6 Å². The van der Waals surface area contributed by atoms with Crippen LogP contribution in [0.1, 0.15) is 23.8 Å². The second-order valence-corrected chi connectivity index (χ2v) is 4.12. The third-order valence-corrected chi connectivity index (χ3v) is 2.85. The van der Waals surface area contributed by atoms with Crippen molar-refractivity contribution in [3.05, 3.63) is 24.0 Å². The normalized spacial score (nSPS) is 23.5. The van der Waals surface area contributed by atoms with Crippen LogP contribution in [0.2, 0.25) is 0 Å². The highest BCUT2D eigenvalue weighted by molar-refractivity contribution is 5.96. The molecule has 1 aromatic heterocycles. The molecule has 0 saturated heterocycles. The summed E-state index contributed by atoms with van der Waals surface area (Å²) in [5, 5.41) is 2.85. The number of amides is 1. The smallest absolute Gasteiger partial charge is 0.272 e. The SMILES string of the molecule is CC1CC1CNC(=O)c1ncccc1N. The summed E-state index contributed by atoms with van der Waals surface area (Å²) in [7, 11) is 0. The van der Waals surface area contributed by atoms with Crippen LogP contribution in [0.25, 0.3) is 0 Å². The van der Waals surface area contributed by atoms with Gasteiger partial charge in [-0.05, 0) is 30.4 Å². The van der Waals surface area contributed by atoms with E-state index in [2.05, 4.69) is 17.2 Å². The van der Waals surface area contributed by atoms with E-state index >= 15 is 0 Å². The number of nitrogens with zero attached hydrogens (tertiary/aromatic N) is 1. The molecule has 1 amide bonds. The van der Waals surface area contributed by atoms with Gasteiger partial charge < -0.3 is 11.1 Å². The highest BCUT2D eigenvalue weighted by atomic mass is 16.1. The molecule has 1 heterocycles. The van der Waals surface area contributed by atoms with Crippen molar-refractivity contribution in [1.82, 2.24) is 10.3 Å². The minimum atomic E-state index is -0.174. The van der Waals surface area contributed by atoms with Gasteiger partial charge in [-0.1, -0.05) is 6.92 Å².